The van der Waals surface area contributed by atoms with Crippen LogP contribution in [0, 0.1) is 0 Å². The number of carbonyl (C=O) groups is 2. The van der Waals surface area contributed by atoms with Crippen LogP contribution < -0.4 is 11.1 Å². The summed E-state index contributed by atoms with van der Waals surface area (Å²) in [6.07, 6.45) is -3.51. The molecule has 0 aliphatic carbocycles. The molecule has 1 aromatic carbocycles. The van der Waals surface area contributed by atoms with Crippen molar-refractivity contribution in [3.8, 4) is 0 Å². The number of thiazole rings is 1. The second-order valence-electron chi connectivity index (χ2n) is 7.94. The molecule has 2 amide bonds. The summed E-state index contributed by atoms with van der Waals surface area (Å²) < 4.78 is 38.5. The summed E-state index contributed by atoms with van der Waals surface area (Å²) in [5, 5.41) is 13.9. The Kier molecular flexibility index (Phi) is 8.28. The predicted octanol–water partition coefficient (Wildman–Crippen LogP) is 3.85. The Bertz CT molecular complexity index is 1140. The molecule has 0 fully saturated rings. The minimum absolute atomic E-state index is 0.0862. The Hall–Kier alpha value is -3.67. The van der Waals surface area contributed by atoms with E-state index in [1.807, 2.05) is 0 Å². The second-order valence-corrected chi connectivity index (χ2v) is 8.83. The number of aromatic nitrogens is 2. The van der Waals surface area contributed by atoms with Crippen LogP contribution in [0.2, 0.25) is 0 Å². The van der Waals surface area contributed by atoms with Gasteiger partial charge in [-0.15, -0.1) is 11.3 Å². The number of alkyl halides is 3. The summed E-state index contributed by atoms with van der Waals surface area (Å²) in [6, 6.07) is 8.33. The molecule has 0 saturated carbocycles. The van der Waals surface area contributed by atoms with E-state index in [1.165, 1.54) is 24.8 Å². The summed E-state index contributed by atoms with van der Waals surface area (Å²) in [7, 11) is 1.29. The summed E-state index contributed by atoms with van der Waals surface area (Å²) in [5.74, 6) is -0.597. The number of hydrogen-bond acceptors (Lipinski definition) is 6. The van der Waals surface area contributed by atoms with Crippen LogP contribution in [-0.4, -0.2) is 51.2 Å². The van der Waals surface area contributed by atoms with Crippen molar-refractivity contribution in [2.75, 3.05) is 12.8 Å². The van der Waals surface area contributed by atoms with E-state index in [-0.39, 0.29) is 23.5 Å². The molecule has 2 atom stereocenters. The third-order valence-electron chi connectivity index (χ3n) is 5.24. The molecule has 4 N–H and O–H groups in total. The summed E-state index contributed by atoms with van der Waals surface area (Å²) in [5.41, 5.74) is 7.60. The molecular weight excluding hydrogens is 483 g/mol. The molecular formula is C23H24F3N5O3S. The first-order chi connectivity index (χ1) is 16.5. The molecule has 0 radical (unpaired) electrons. The number of carbonyl (C=O) groups excluding carboxylic acids is 1. The van der Waals surface area contributed by atoms with Crippen LogP contribution in [0.25, 0.3) is 0 Å². The van der Waals surface area contributed by atoms with E-state index in [1.54, 1.807) is 36.4 Å². The van der Waals surface area contributed by atoms with Gasteiger partial charge in [0.25, 0.3) is 0 Å². The van der Waals surface area contributed by atoms with Crippen LogP contribution >= 0.6 is 11.3 Å². The molecule has 35 heavy (non-hydrogen) atoms. The lowest BCUT2D eigenvalue weighted by Crippen LogP contribution is -2.49. The van der Waals surface area contributed by atoms with E-state index < -0.39 is 36.7 Å². The number of benzene rings is 1. The molecule has 0 aliphatic heterocycles. The van der Waals surface area contributed by atoms with Crippen molar-refractivity contribution < 1.29 is 27.9 Å². The zero-order valence-electron chi connectivity index (χ0n) is 18.7. The molecule has 0 spiro atoms. The monoisotopic (exact) mass is 507 g/mol. The maximum absolute atomic E-state index is 13.3. The minimum atomic E-state index is -4.42. The molecule has 2 aromatic heterocycles. The molecule has 0 aliphatic rings. The first-order valence-electron chi connectivity index (χ1n) is 10.5. The number of rotatable bonds is 9. The Morgan fingerprint density at radius 1 is 1.11 bits per heavy atom. The van der Waals surface area contributed by atoms with Gasteiger partial charge >= 0.3 is 12.3 Å². The number of likely N-dealkylation sites (N-methyl/N-ethyl adjacent to an activating group) is 1. The van der Waals surface area contributed by atoms with Crippen molar-refractivity contribution in [3.05, 3.63) is 76.0 Å². The fourth-order valence-electron chi connectivity index (χ4n) is 3.41. The molecule has 186 valence electrons. The zero-order chi connectivity index (χ0) is 25.6. The Balaban J connectivity index is 1.88. The standard InChI is InChI=1S/C23H24F3N5O3S/c1-31(22(33)34)19(11-15-6-8-28-9-7-15)20(32)30-18(10-14-2-4-16(27)5-3-14)21-29-17(13-35-21)12-23(24,25)26/h2-9,13,18-19H,10-12,27H2,1H3,(H,30,32)(H,33,34)/t18-,19?/m0/s1. The highest BCUT2D eigenvalue weighted by atomic mass is 32.1. The van der Waals surface area contributed by atoms with Crippen molar-refractivity contribution in [1.82, 2.24) is 20.2 Å². The van der Waals surface area contributed by atoms with Gasteiger partial charge < -0.3 is 16.2 Å². The number of anilines is 1. The van der Waals surface area contributed by atoms with Gasteiger partial charge in [-0.1, -0.05) is 12.1 Å². The highest BCUT2D eigenvalue weighted by Gasteiger charge is 2.32. The Morgan fingerprint density at radius 2 is 1.74 bits per heavy atom. The molecule has 0 saturated heterocycles. The minimum Gasteiger partial charge on any atom is -0.465 e. The van der Waals surface area contributed by atoms with Gasteiger partial charge in [0, 0.05) is 36.9 Å². The number of nitrogens with two attached hydrogens (primary N) is 1. The number of amides is 2. The molecule has 3 rings (SSSR count). The number of nitrogen functional groups attached to an aromatic ring is 1. The zero-order valence-corrected chi connectivity index (χ0v) is 19.5. The van der Waals surface area contributed by atoms with Crippen LogP contribution in [0.5, 0.6) is 0 Å². The van der Waals surface area contributed by atoms with Gasteiger partial charge in [-0.25, -0.2) is 9.78 Å². The van der Waals surface area contributed by atoms with E-state index in [0.717, 1.165) is 21.8 Å². The van der Waals surface area contributed by atoms with Crippen LogP contribution in [0.4, 0.5) is 23.7 Å². The summed E-state index contributed by atoms with van der Waals surface area (Å²) in [4.78, 5) is 33.9. The molecule has 1 unspecified atom stereocenters. The topological polar surface area (TPSA) is 121 Å². The first kappa shape index (κ1) is 25.9. The van der Waals surface area contributed by atoms with Gasteiger partial charge in [0.1, 0.15) is 11.0 Å². The predicted molar refractivity (Wildman–Crippen MR) is 125 cm³/mol. The number of carboxylic acid groups (broad SMARTS) is 1. The fraction of sp³-hybridized carbons (Fsp3) is 0.304. The number of halogens is 3. The third kappa shape index (κ3) is 7.67. The number of hydrogen-bond donors (Lipinski definition) is 3. The molecule has 0 bridgehead atoms. The van der Waals surface area contributed by atoms with Crippen LogP contribution in [0.15, 0.2) is 54.2 Å². The van der Waals surface area contributed by atoms with Crippen molar-refractivity contribution in [3.63, 3.8) is 0 Å². The first-order valence-corrected chi connectivity index (χ1v) is 11.4. The normalized spacial score (nSPS) is 13.1. The molecule has 3 aromatic rings. The number of pyridine rings is 1. The van der Waals surface area contributed by atoms with Gasteiger partial charge in [0.15, 0.2) is 0 Å². The van der Waals surface area contributed by atoms with Gasteiger partial charge in [-0.3, -0.25) is 14.7 Å². The summed E-state index contributed by atoms with van der Waals surface area (Å²) in [6.45, 7) is 0. The number of nitrogens with zero attached hydrogens (tertiary/aromatic N) is 3. The van der Waals surface area contributed by atoms with E-state index in [4.69, 9.17) is 5.73 Å². The molecule has 12 heteroatoms. The third-order valence-corrected chi connectivity index (χ3v) is 6.24. The van der Waals surface area contributed by atoms with Crippen molar-refractivity contribution in [2.24, 2.45) is 0 Å². The van der Waals surface area contributed by atoms with Gasteiger partial charge in [0.05, 0.1) is 18.2 Å². The SMILES string of the molecule is CN(C(=O)O)C(Cc1ccncc1)C(=O)N[C@@H](Cc1ccc(N)cc1)c1nc(CC(F)(F)F)cs1. The quantitative estimate of drug-likeness (QED) is 0.379. The highest BCUT2D eigenvalue weighted by molar-refractivity contribution is 7.09. The van der Waals surface area contributed by atoms with Gasteiger partial charge in [-0.2, -0.15) is 13.2 Å². The van der Waals surface area contributed by atoms with Crippen molar-refractivity contribution >= 4 is 29.0 Å². The average Bonchev–Trinajstić information content (AvgIpc) is 3.25. The highest BCUT2D eigenvalue weighted by Crippen LogP contribution is 2.27. The van der Waals surface area contributed by atoms with Crippen molar-refractivity contribution in [1.29, 1.82) is 0 Å². The van der Waals surface area contributed by atoms with Crippen LogP contribution in [0.1, 0.15) is 27.9 Å². The lowest BCUT2D eigenvalue weighted by atomic mass is 10.0. The van der Waals surface area contributed by atoms with Gasteiger partial charge in [-0.05, 0) is 41.8 Å². The smallest absolute Gasteiger partial charge is 0.407 e. The largest absolute Gasteiger partial charge is 0.465 e. The average molecular weight is 508 g/mol. The van der Waals surface area contributed by atoms with Gasteiger partial charge in [0.2, 0.25) is 5.91 Å². The van der Waals surface area contributed by atoms with Crippen LogP contribution in [0.3, 0.4) is 0 Å². The Labute approximate surface area is 203 Å². The fourth-order valence-corrected chi connectivity index (χ4v) is 4.28. The number of nitrogens with one attached hydrogen (secondary N) is 1. The lowest BCUT2D eigenvalue weighted by Gasteiger charge is -2.27. The summed E-state index contributed by atoms with van der Waals surface area (Å²) >= 11 is 1.00. The maximum Gasteiger partial charge on any atom is 0.407 e. The van der Waals surface area contributed by atoms with Crippen molar-refractivity contribution in [2.45, 2.75) is 37.5 Å². The van der Waals surface area contributed by atoms with Crippen LogP contribution in [-0.2, 0) is 24.1 Å². The lowest BCUT2D eigenvalue weighted by molar-refractivity contribution is -0.128. The molecule has 8 nitrogen and oxygen atoms in total. The van der Waals surface area contributed by atoms with E-state index in [2.05, 4.69) is 15.3 Å². The van der Waals surface area contributed by atoms with E-state index in [9.17, 15) is 27.9 Å². The molecule has 2 heterocycles. The Morgan fingerprint density at radius 3 is 2.34 bits per heavy atom. The maximum atomic E-state index is 13.3. The van der Waals surface area contributed by atoms with E-state index in [0.29, 0.717) is 11.3 Å². The second kappa shape index (κ2) is 11.2. The van der Waals surface area contributed by atoms with E-state index >= 15 is 0 Å².